The molecule has 2 heterocycles. The number of ether oxygens (including phenoxy) is 1. The summed E-state index contributed by atoms with van der Waals surface area (Å²) in [4.78, 5) is 26.7. The van der Waals surface area contributed by atoms with Crippen LogP contribution >= 0.6 is 0 Å². The zero-order valence-corrected chi connectivity index (χ0v) is 24.0. The number of H-pyrrole nitrogens is 1. The minimum absolute atomic E-state index is 0.0427. The van der Waals surface area contributed by atoms with Crippen molar-refractivity contribution in [3.8, 4) is 0 Å². The topological polar surface area (TPSA) is 117 Å². The molecule has 1 aliphatic heterocycles. The van der Waals surface area contributed by atoms with Crippen LogP contribution in [0.5, 0.6) is 0 Å². The van der Waals surface area contributed by atoms with Crippen LogP contribution in [0.1, 0.15) is 39.0 Å². The Balaban J connectivity index is 1.73. The third kappa shape index (κ3) is 5.76. The first kappa shape index (κ1) is 28.2. The van der Waals surface area contributed by atoms with Crippen molar-refractivity contribution in [3.63, 3.8) is 0 Å². The second kappa shape index (κ2) is 10.7. The van der Waals surface area contributed by atoms with E-state index < -0.39 is 48.1 Å². The fraction of sp³-hybridized carbons (Fsp3) is 0.407. The van der Waals surface area contributed by atoms with Gasteiger partial charge < -0.3 is 9.16 Å². The normalized spacial score (nSPS) is 20.5. The molecular weight excluding hydrogens is 524 g/mol. The average Bonchev–Trinajstić information content (AvgIpc) is 3.23. The van der Waals surface area contributed by atoms with E-state index >= 15 is 0 Å². The molecular formula is C27H34N2O7SSi. The van der Waals surface area contributed by atoms with E-state index in [9.17, 15) is 18.0 Å². The van der Waals surface area contributed by atoms with E-state index in [1.54, 1.807) is 6.92 Å². The van der Waals surface area contributed by atoms with Gasteiger partial charge in [0.05, 0.1) is 12.9 Å². The molecule has 0 spiro atoms. The van der Waals surface area contributed by atoms with E-state index in [2.05, 4.69) is 50.0 Å². The lowest BCUT2D eigenvalue weighted by atomic mass is 10.2. The van der Waals surface area contributed by atoms with Crippen molar-refractivity contribution >= 4 is 28.8 Å². The summed E-state index contributed by atoms with van der Waals surface area (Å²) in [5.41, 5.74) is -0.794. The van der Waals surface area contributed by atoms with Crippen LogP contribution in [-0.4, -0.2) is 51.4 Å². The zero-order chi connectivity index (χ0) is 27.7. The molecule has 11 heteroatoms. The highest BCUT2D eigenvalue weighted by atomic mass is 32.2. The van der Waals surface area contributed by atoms with Crippen molar-refractivity contribution in [1.82, 2.24) is 9.55 Å². The van der Waals surface area contributed by atoms with E-state index in [-0.39, 0.29) is 18.1 Å². The Hall–Kier alpha value is -2.83. The maximum atomic E-state index is 12.5. The molecule has 1 aliphatic rings. The predicted molar refractivity (Wildman–Crippen MR) is 148 cm³/mol. The van der Waals surface area contributed by atoms with Crippen LogP contribution in [0.3, 0.4) is 0 Å². The van der Waals surface area contributed by atoms with Crippen LogP contribution in [0.25, 0.3) is 0 Å². The Morgan fingerprint density at radius 1 is 1.03 bits per heavy atom. The number of hydrogen-bond acceptors (Lipinski definition) is 7. The molecule has 0 unspecified atom stereocenters. The van der Waals surface area contributed by atoms with Crippen LogP contribution in [0.15, 0.2) is 76.4 Å². The SMILES string of the molecule is Cc1cn([C@H]2C[C@H](OS(C)(=O)=O)[C@@H](CO[Si](c3ccccc3)(c3ccccc3)C(C)(C)C)O2)c(=O)[nH]c1=O. The molecule has 1 saturated heterocycles. The van der Waals surface area contributed by atoms with Crippen LogP contribution < -0.4 is 21.6 Å². The Bertz CT molecular complexity index is 1440. The number of aryl methyl sites for hydroxylation is 1. The summed E-state index contributed by atoms with van der Waals surface area (Å²) in [6.07, 6.45) is -0.0148. The third-order valence-corrected chi connectivity index (χ3v) is 12.4. The summed E-state index contributed by atoms with van der Waals surface area (Å²) in [6, 6.07) is 20.1. The molecule has 38 heavy (non-hydrogen) atoms. The van der Waals surface area contributed by atoms with E-state index in [4.69, 9.17) is 13.3 Å². The summed E-state index contributed by atoms with van der Waals surface area (Å²) in [5.74, 6) is 0. The van der Waals surface area contributed by atoms with Gasteiger partial charge in [-0.25, -0.2) is 4.79 Å². The van der Waals surface area contributed by atoms with Crippen molar-refractivity contribution in [2.75, 3.05) is 12.9 Å². The Morgan fingerprint density at radius 3 is 2.08 bits per heavy atom. The smallest absolute Gasteiger partial charge is 0.330 e. The molecule has 0 saturated carbocycles. The number of benzene rings is 2. The third-order valence-electron chi connectivity index (χ3n) is 6.82. The van der Waals surface area contributed by atoms with Gasteiger partial charge in [-0.15, -0.1) is 0 Å². The van der Waals surface area contributed by atoms with E-state index in [1.165, 1.54) is 10.8 Å². The van der Waals surface area contributed by atoms with Crippen molar-refractivity contribution in [2.45, 2.75) is 57.6 Å². The van der Waals surface area contributed by atoms with Gasteiger partial charge in [0.2, 0.25) is 0 Å². The van der Waals surface area contributed by atoms with Crippen LogP contribution in [0.2, 0.25) is 5.04 Å². The van der Waals surface area contributed by atoms with E-state index in [0.29, 0.717) is 5.56 Å². The van der Waals surface area contributed by atoms with Gasteiger partial charge in [-0.05, 0) is 22.3 Å². The minimum atomic E-state index is -3.83. The van der Waals surface area contributed by atoms with Gasteiger partial charge in [-0.2, -0.15) is 8.42 Å². The van der Waals surface area contributed by atoms with Crippen LogP contribution in [-0.2, 0) is 23.5 Å². The largest absolute Gasteiger partial charge is 0.405 e. The molecule has 3 aromatic rings. The number of nitrogens with zero attached hydrogens (tertiary/aromatic N) is 1. The highest BCUT2D eigenvalue weighted by molar-refractivity contribution is 7.86. The quantitative estimate of drug-likeness (QED) is 0.332. The monoisotopic (exact) mass is 558 g/mol. The Labute approximate surface area is 223 Å². The van der Waals surface area contributed by atoms with Crippen molar-refractivity contribution in [2.24, 2.45) is 0 Å². The fourth-order valence-corrected chi connectivity index (χ4v) is 10.3. The van der Waals surface area contributed by atoms with Crippen molar-refractivity contribution < 1.29 is 21.8 Å². The molecule has 3 atom stereocenters. The molecule has 0 bridgehead atoms. The first-order valence-corrected chi connectivity index (χ1v) is 16.1. The van der Waals surface area contributed by atoms with Crippen LogP contribution in [0, 0.1) is 6.92 Å². The van der Waals surface area contributed by atoms with Gasteiger partial charge in [0.15, 0.2) is 0 Å². The first-order valence-electron chi connectivity index (χ1n) is 12.4. The molecule has 0 amide bonds. The van der Waals surface area contributed by atoms with Crippen LogP contribution in [0.4, 0.5) is 0 Å². The lowest BCUT2D eigenvalue weighted by Crippen LogP contribution is -2.67. The Morgan fingerprint density at radius 2 is 1.58 bits per heavy atom. The molecule has 1 fully saturated rings. The molecule has 204 valence electrons. The van der Waals surface area contributed by atoms with Gasteiger partial charge in [0.25, 0.3) is 24.0 Å². The predicted octanol–water partition coefficient (Wildman–Crippen LogP) is 2.05. The van der Waals surface area contributed by atoms with Gasteiger partial charge in [0.1, 0.15) is 18.4 Å². The lowest BCUT2D eigenvalue weighted by Gasteiger charge is -2.43. The van der Waals surface area contributed by atoms with Crippen molar-refractivity contribution in [1.29, 1.82) is 0 Å². The summed E-state index contributed by atoms with van der Waals surface area (Å²) in [7, 11) is -6.76. The molecule has 1 aromatic heterocycles. The lowest BCUT2D eigenvalue weighted by molar-refractivity contribution is -0.0381. The number of rotatable bonds is 8. The second-order valence-corrected chi connectivity index (χ2v) is 16.6. The maximum Gasteiger partial charge on any atom is 0.330 e. The number of aromatic amines is 1. The number of aromatic nitrogens is 2. The Kier molecular flexibility index (Phi) is 7.96. The summed E-state index contributed by atoms with van der Waals surface area (Å²) >= 11 is 0. The summed E-state index contributed by atoms with van der Waals surface area (Å²) in [6.45, 7) is 8.05. The fourth-order valence-electron chi connectivity index (χ4n) is 5.12. The molecule has 9 nitrogen and oxygen atoms in total. The minimum Gasteiger partial charge on any atom is -0.405 e. The summed E-state index contributed by atoms with van der Waals surface area (Å²) < 4.78 is 44.1. The molecule has 0 aliphatic carbocycles. The number of nitrogens with one attached hydrogen (secondary N) is 1. The zero-order valence-electron chi connectivity index (χ0n) is 22.2. The second-order valence-electron chi connectivity index (χ2n) is 10.7. The van der Waals surface area contributed by atoms with E-state index in [0.717, 1.165) is 16.6 Å². The highest BCUT2D eigenvalue weighted by Gasteiger charge is 2.51. The van der Waals surface area contributed by atoms with Gasteiger partial charge >= 0.3 is 5.69 Å². The molecule has 2 aromatic carbocycles. The highest BCUT2D eigenvalue weighted by Crippen LogP contribution is 2.38. The molecule has 0 radical (unpaired) electrons. The van der Waals surface area contributed by atoms with Gasteiger partial charge in [-0.1, -0.05) is 81.4 Å². The maximum absolute atomic E-state index is 12.5. The molecule has 4 rings (SSSR count). The first-order chi connectivity index (χ1) is 17.8. The van der Waals surface area contributed by atoms with Gasteiger partial charge in [0, 0.05) is 18.2 Å². The standard InChI is InChI=1S/C27H34N2O7SSi/c1-19-17-29(26(31)28-25(19)30)24-16-22(36-37(5,32)33)23(35-24)18-34-38(27(2,3)4,20-12-8-6-9-13-20)21-14-10-7-11-15-21/h6-15,17,22-24H,16,18H2,1-5H3,(H,28,30,31)/t22-,23+,24+/m0/s1. The summed E-state index contributed by atoms with van der Waals surface area (Å²) in [5, 5.41) is 1.84. The number of hydrogen-bond donors (Lipinski definition) is 1. The van der Waals surface area contributed by atoms with Crippen molar-refractivity contribution in [3.05, 3.63) is 93.3 Å². The van der Waals surface area contributed by atoms with E-state index in [1.807, 2.05) is 36.4 Å². The molecule has 1 N–H and O–H groups in total. The average molecular weight is 559 g/mol. The van der Waals surface area contributed by atoms with Gasteiger partial charge in [-0.3, -0.25) is 18.5 Å².